The summed E-state index contributed by atoms with van der Waals surface area (Å²) in [5.41, 5.74) is 6.62. The van der Waals surface area contributed by atoms with E-state index >= 15 is 0 Å². The van der Waals surface area contributed by atoms with Crippen LogP contribution in [0.3, 0.4) is 0 Å². The molecule has 1 amide bonds. The summed E-state index contributed by atoms with van der Waals surface area (Å²) in [6.45, 7) is 7.75. The van der Waals surface area contributed by atoms with Crippen LogP contribution in [0.15, 0.2) is 6.20 Å². The highest BCUT2D eigenvalue weighted by Gasteiger charge is 2.29. The Morgan fingerprint density at radius 3 is 2.61 bits per heavy atom. The summed E-state index contributed by atoms with van der Waals surface area (Å²) in [5, 5.41) is 4.21. The molecule has 0 unspecified atom stereocenters. The maximum atomic E-state index is 12.4. The fourth-order valence-electron chi connectivity index (χ4n) is 2.26. The summed E-state index contributed by atoms with van der Waals surface area (Å²) in [4.78, 5) is 14.1. The van der Waals surface area contributed by atoms with E-state index in [1.165, 1.54) is 0 Å². The van der Waals surface area contributed by atoms with Crippen LogP contribution < -0.4 is 5.73 Å². The van der Waals surface area contributed by atoms with Crippen LogP contribution in [0.2, 0.25) is 0 Å². The lowest BCUT2D eigenvalue weighted by atomic mass is 10.2. The van der Waals surface area contributed by atoms with Gasteiger partial charge in [0.1, 0.15) is 0 Å². The lowest BCUT2D eigenvalue weighted by Gasteiger charge is -2.34. The van der Waals surface area contributed by atoms with Crippen LogP contribution in [0, 0.1) is 0 Å². The Morgan fingerprint density at radius 2 is 2.11 bits per heavy atom. The number of carbonyl (C=O) groups excluding carboxylic acids is 1. The first-order valence-corrected chi connectivity index (χ1v) is 6.29. The minimum Gasteiger partial charge on any atom is -0.396 e. The maximum absolute atomic E-state index is 12.4. The highest BCUT2D eigenvalue weighted by atomic mass is 16.5. The van der Waals surface area contributed by atoms with Crippen LogP contribution in [0.1, 0.15) is 31.3 Å². The van der Waals surface area contributed by atoms with E-state index in [-0.39, 0.29) is 18.1 Å². The highest BCUT2D eigenvalue weighted by molar-refractivity contribution is 5.97. The molecule has 6 heteroatoms. The minimum absolute atomic E-state index is 0.0483. The fraction of sp³-hybridized carbons (Fsp3) is 0.667. The fourth-order valence-corrected chi connectivity index (χ4v) is 2.26. The molecule has 0 aromatic carbocycles. The van der Waals surface area contributed by atoms with Crippen molar-refractivity contribution in [3.8, 4) is 0 Å². The molecule has 1 fully saturated rings. The van der Waals surface area contributed by atoms with Gasteiger partial charge in [0.05, 0.1) is 17.9 Å². The van der Waals surface area contributed by atoms with E-state index in [1.54, 1.807) is 15.8 Å². The third-order valence-corrected chi connectivity index (χ3v) is 3.02. The van der Waals surface area contributed by atoms with Crippen molar-refractivity contribution in [2.45, 2.75) is 39.5 Å². The van der Waals surface area contributed by atoms with Crippen molar-refractivity contribution in [2.75, 3.05) is 18.8 Å². The molecular weight excluding hydrogens is 232 g/mol. The van der Waals surface area contributed by atoms with Gasteiger partial charge in [0.25, 0.3) is 5.91 Å². The van der Waals surface area contributed by atoms with Crippen molar-refractivity contribution in [1.82, 2.24) is 14.7 Å². The predicted molar refractivity (Wildman–Crippen MR) is 68.2 cm³/mol. The van der Waals surface area contributed by atoms with Crippen LogP contribution in [-0.4, -0.2) is 45.9 Å². The van der Waals surface area contributed by atoms with Gasteiger partial charge in [-0.05, 0) is 20.8 Å². The Kier molecular flexibility index (Phi) is 3.56. The molecule has 1 aliphatic rings. The van der Waals surface area contributed by atoms with Gasteiger partial charge in [0, 0.05) is 25.8 Å². The number of nitrogen functional groups attached to an aromatic ring is 1. The lowest BCUT2D eigenvalue weighted by molar-refractivity contribution is -0.0587. The number of carbonyl (C=O) groups is 1. The number of anilines is 1. The molecule has 0 bridgehead atoms. The Bertz CT molecular complexity index is 433. The van der Waals surface area contributed by atoms with Gasteiger partial charge in [-0.3, -0.25) is 9.48 Å². The first-order valence-electron chi connectivity index (χ1n) is 6.29. The highest BCUT2D eigenvalue weighted by Crippen LogP contribution is 2.17. The first kappa shape index (κ1) is 12.9. The standard InChI is InChI=1S/C12H20N4O2/c1-4-16-7-10(13)11(14-16)12(17)15-5-8(2)18-9(3)6-15/h7-9H,4-6,13H2,1-3H3/t8-,9+. The summed E-state index contributed by atoms with van der Waals surface area (Å²) in [6, 6.07) is 0. The maximum Gasteiger partial charge on any atom is 0.276 e. The topological polar surface area (TPSA) is 73.4 Å². The Morgan fingerprint density at radius 1 is 1.50 bits per heavy atom. The van der Waals surface area contributed by atoms with Gasteiger partial charge < -0.3 is 15.4 Å². The van der Waals surface area contributed by atoms with E-state index in [1.807, 2.05) is 20.8 Å². The molecule has 18 heavy (non-hydrogen) atoms. The summed E-state index contributed by atoms with van der Waals surface area (Å²) in [6.07, 6.45) is 1.79. The number of nitrogens with zero attached hydrogens (tertiary/aromatic N) is 3. The summed E-state index contributed by atoms with van der Waals surface area (Å²) in [5.74, 6) is -0.110. The summed E-state index contributed by atoms with van der Waals surface area (Å²) >= 11 is 0. The van der Waals surface area contributed by atoms with Crippen molar-refractivity contribution < 1.29 is 9.53 Å². The smallest absolute Gasteiger partial charge is 0.276 e. The van der Waals surface area contributed by atoms with Gasteiger partial charge in [0.15, 0.2) is 5.69 Å². The second kappa shape index (κ2) is 4.97. The Labute approximate surface area is 107 Å². The van der Waals surface area contributed by atoms with Crippen molar-refractivity contribution in [3.63, 3.8) is 0 Å². The second-order valence-corrected chi connectivity index (χ2v) is 4.76. The molecular formula is C12H20N4O2. The first-order chi connectivity index (χ1) is 8.51. The summed E-state index contributed by atoms with van der Waals surface area (Å²) < 4.78 is 7.28. The van der Waals surface area contributed by atoms with Gasteiger partial charge in [-0.2, -0.15) is 5.10 Å². The molecule has 100 valence electrons. The number of aromatic nitrogens is 2. The van der Waals surface area contributed by atoms with Crippen molar-refractivity contribution in [2.24, 2.45) is 0 Å². The largest absolute Gasteiger partial charge is 0.396 e. The predicted octanol–water partition coefficient (Wildman–Crippen LogP) is 0.735. The zero-order valence-corrected chi connectivity index (χ0v) is 11.1. The van der Waals surface area contributed by atoms with Crippen LogP contribution in [-0.2, 0) is 11.3 Å². The van der Waals surface area contributed by atoms with Crippen molar-refractivity contribution in [3.05, 3.63) is 11.9 Å². The number of morpholine rings is 1. The van der Waals surface area contributed by atoms with E-state index in [2.05, 4.69) is 5.10 Å². The zero-order valence-electron chi connectivity index (χ0n) is 11.1. The van der Waals surface area contributed by atoms with Crippen molar-refractivity contribution >= 4 is 11.6 Å². The number of ether oxygens (including phenoxy) is 1. The molecule has 1 aliphatic heterocycles. The molecule has 2 atom stereocenters. The molecule has 6 nitrogen and oxygen atoms in total. The third-order valence-electron chi connectivity index (χ3n) is 3.02. The molecule has 0 radical (unpaired) electrons. The average molecular weight is 252 g/mol. The van der Waals surface area contributed by atoms with E-state index in [9.17, 15) is 4.79 Å². The van der Waals surface area contributed by atoms with E-state index < -0.39 is 0 Å². The van der Waals surface area contributed by atoms with Crippen LogP contribution in [0.4, 0.5) is 5.69 Å². The molecule has 0 saturated carbocycles. The van der Waals surface area contributed by atoms with E-state index in [4.69, 9.17) is 10.5 Å². The molecule has 1 aromatic heterocycles. The molecule has 0 spiro atoms. The minimum atomic E-state index is -0.110. The van der Waals surface area contributed by atoms with E-state index in [0.717, 1.165) is 0 Å². The van der Waals surface area contributed by atoms with Gasteiger partial charge in [-0.25, -0.2) is 0 Å². The van der Waals surface area contributed by atoms with Crippen LogP contribution >= 0.6 is 0 Å². The number of hydrogen-bond donors (Lipinski definition) is 1. The number of nitrogens with two attached hydrogens (primary N) is 1. The van der Waals surface area contributed by atoms with E-state index in [0.29, 0.717) is 31.0 Å². The quantitative estimate of drug-likeness (QED) is 0.842. The molecule has 2 rings (SSSR count). The molecule has 1 saturated heterocycles. The Hall–Kier alpha value is -1.56. The molecule has 0 aliphatic carbocycles. The van der Waals surface area contributed by atoms with Crippen LogP contribution in [0.25, 0.3) is 0 Å². The lowest BCUT2D eigenvalue weighted by Crippen LogP contribution is -2.48. The molecule has 1 aromatic rings. The number of aryl methyl sites for hydroxylation is 1. The molecule has 2 N–H and O–H groups in total. The molecule has 2 heterocycles. The third kappa shape index (κ3) is 2.48. The van der Waals surface area contributed by atoms with Gasteiger partial charge in [-0.15, -0.1) is 0 Å². The monoisotopic (exact) mass is 252 g/mol. The van der Waals surface area contributed by atoms with Crippen molar-refractivity contribution in [1.29, 1.82) is 0 Å². The zero-order chi connectivity index (χ0) is 13.3. The Balaban J connectivity index is 2.17. The number of hydrogen-bond acceptors (Lipinski definition) is 4. The van der Waals surface area contributed by atoms with Gasteiger partial charge >= 0.3 is 0 Å². The van der Waals surface area contributed by atoms with Crippen LogP contribution in [0.5, 0.6) is 0 Å². The average Bonchev–Trinajstić information content (AvgIpc) is 2.68. The second-order valence-electron chi connectivity index (χ2n) is 4.76. The van der Waals surface area contributed by atoms with Gasteiger partial charge in [-0.1, -0.05) is 0 Å². The summed E-state index contributed by atoms with van der Waals surface area (Å²) in [7, 11) is 0. The number of rotatable bonds is 2. The van der Waals surface area contributed by atoms with Gasteiger partial charge in [0.2, 0.25) is 0 Å². The SMILES string of the molecule is CCn1cc(N)c(C(=O)N2C[C@@H](C)O[C@@H](C)C2)n1. The number of amides is 1. The normalized spacial score (nSPS) is 24.3.